The summed E-state index contributed by atoms with van der Waals surface area (Å²) in [6.45, 7) is 6.36. The largest absolute Gasteiger partial charge is 0.444 e. The zero-order valence-corrected chi connectivity index (χ0v) is 8.72. The second-order valence-electron chi connectivity index (χ2n) is 4.32. The van der Waals surface area contributed by atoms with Crippen molar-refractivity contribution < 1.29 is 14.3 Å². The Morgan fingerprint density at radius 2 is 2.29 bits per heavy atom. The molecule has 80 valence electrons. The molecule has 5 nitrogen and oxygen atoms in total. The summed E-state index contributed by atoms with van der Waals surface area (Å²) in [5.74, 6) is -0.108. The lowest BCUT2D eigenvalue weighted by atomic mass is 10.0. The van der Waals surface area contributed by atoms with E-state index in [0.29, 0.717) is 13.1 Å². The zero-order chi connectivity index (χ0) is 10.8. The van der Waals surface area contributed by atoms with Crippen LogP contribution in [0.2, 0.25) is 0 Å². The molecule has 1 rings (SSSR count). The molecule has 2 amide bonds. The first-order valence-electron chi connectivity index (χ1n) is 4.63. The maximum atomic E-state index is 11.1. The molecule has 5 heteroatoms. The second kappa shape index (κ2) is 3.86. The molecule has 0 aliphatic carbocycles. The van der Waals surface area contributed by atoms with Gasteiger partial charge in [0.25, 0.3) is 0 Å². The highest BCUT2D eigenvalue weighted by molar-refractivity contribution is 5.85. The van der Waals surface area contributed by atoms with Crippen molar-refractivity contribution in [3.8, 4) is 0 Å². The molecule has 1 atom stereocenters. The van der Waals surface area contributed by atoms with Crippen LogP contribution in [0.25, 0.3) is 0 Å². The third-order valence-corrected chi connectivity index (χ3v) is 1.79. The van der Waals surface area contributed by atoms with Crippen LogP contribution in [0.3, 0.4) is 0 Å². The van der Waals surface area contributed by atoms with E-state index < -0.39 is 11.7 Å². The Balaban J connectivity index is 2.18. The Morgan fingerprint density at radius 3 is 2.64 bits per heavy atom. The maximum Gasteiger partial charge on any atom is 0.407 e. The van der Waals surface area contributed by atoms with Gasteiger partial charge < -0.3 is 15.4 Å². The van der Waals surface area contributed by atoms with Crippen molar-refractivity contribution in [1.82, 2.24) is 10.6 Å². The van der Waals surface area contributed by atoms with Crippen molar-refractivity contribution in [1.29, 1.82) is 0 Å². The van der Waals surface area contributed by atoms with Gasteiger partial charge in [-0.3, -0.25) is 4.79 Å². The molecule has 0 bridgehead atoms. The average molecular weight is 200 g/mol. The number of hydrogen-bond donors (Lipinski definition) is 2. The summed E-state index contributed by atoms with van der Waals surface area (Å²) >= 11 is 0. The van der Waals surface area contributed by atoms with Crippen LogP contribution in [-0.4, -0.2) is 30.7 Å². The van der Waals surface area contributed by atoms with Gasteiger partial charge >= 0.3 is 6.09 Å². The molecule has 0 aromatic heterocycles. The van der Waals surface area contributed by atoms with Gasteiger partial charge in [0.15, 0.2) is 0 Å². The third kappa shape index (κ3) is 3.24. The minimum atomic E-state index is -0.494. The van der Waals surface area contributed by atoms with Gasteiger partial charge in [0.2, 0.25) is 5.91 Å². The van der Waals surface area contributed by atoms with Gasteiger partial charge in [0, 0.05) is 13.1 Å². The van der Waals surface area contributed by atoms with E-state index in [1.54, 1.807) is 20.8 Å². The molecule has 1 aliphatic heterocycles. The number of hydrogen-bond acceptors (Lipinski definition) is 3. The van der Waals surface area contributed by atoms with Crippen molar-refractivity contribution in [2.24, 2.45) is 5.92 Å². The van der Waals surface area contributed by atoms with Crippen LogP contribution >= 0.6 is 0 Å². The van der Waals surface area contributed by atoms with Crippen LogP contribution in [0, 0.1) is 5.92 Å². The lowest BCUT2D eigenvalue weighted by molar-refractivity contribution is -0.130. The highest BCUT2D eigenvalue weighted by Crippen LogP contribution is 2.07. The van der Waals surface area contributed by atoms with Gasteiger partial charge in [-0.25, -0.2) is 4.79 Å². The Hall–Kier alpha value is -1.26. The summed E-state index contributed by atoms with van der Waals surface area (Å²) in [4.78, 5) is 22.0. The van der Waals surface area contributed by atoms with Gasteiger partial charge in [-0.15, -0.1) is 0 Å². The average Bonchev–Trinajstić information content (AvgIpc) is 1.98. The fraction of sp³-hybridized carbons (Fsp3) is 0.778. The van der Waals surface area contributed by atoms with E-state index in [4.69, 9.17) is 4.74 Å². The summed E-state index contributed by atoms with van der Waals surface area (Å²) in [6, 6.07) is 0. The van der Waals surface area contributed by atoms with E-state index in [2.05, 4.69) is 10.6 Å². The molecule has 0 aromatic carbocycles. The molecule has 1 aliphatic rings. The predicted octanol–water partition coefficient (Wildman–Crippen LogP) is 0.257. The SMILES string of the molecule is CC(C)(C)OC(=O)NC[C@@H]1CNC1=O. The number of alkyl carbamates (subject to hydrolysis) is 1. The highest BCUT2D eigenvalue weighted by Gasteiger charge is 2.28. The fourth-order valence-electron chi connectivity index (χ4n) is 1.02. The van der Waals surface area contributed by atoms with Crippen LogP contribution in [0.5, 0.6) is 0 Å². The summed E-state index contributed by atoms with van der Waals surface area (Å²) in [5.41, 5.74) is -0.494. The second-order valence-corrected chi connectivity index (χ2v) is 4.32. The first kappa shape index (κ1) is 10.8. The molecule has 0 radical (unpaired) electrons. The fourth-order valence-corrected chi connectivity index (χ4v) is 1.02. The topological polar surface area (TPSA) is 67.4 Å². The van der Waals surface area contributed by atoms with Crippen molar-refractivity contribution in [2.45, 2.75) is 26.4 Å². The molecule has 0 aromatic rings. The van der Waals surface area contributed by atoms with Gasteiger partial charge in [-0.1, -0.05) is 0 Å². The van der Waals surface area contributed by atoms with E-state index in [-0.39, 0.29) is 11.8 Å². The van der Waals surface area contributed by atoms with Crippen molar-refractivity contribution in [3.63, 3.8) is 0 Å². The lowest BCUT2D eigenvalue weighted by Gasteiger charge is -2.26. The van der Waals surface area contributed by atoms with E-state index in [1.807, 2.05) is 0 Å². The molecule has 1 saturated heterocycles. The van der Waals surface area contributed by atoms with E-state index in [0.717, 1.165) is 0 Å². The molecule has 1 heterocycles. The monoisotopic (exact) mass is 200 g/mol. The first-order valence-corrected chi connectivity index (χ1v) is 4.63. The van der Waals surface area contributed by atoms with Crippen LogP contribution < -0.4 is 10.6 Å². The minimum absolute atomic E-state index is 0.0129. The molecule has 0 saturated carbocycles. The van der Waals surface area contributed by atoms with Gasteiger partial charge in [-0.05, 0) is 20.8 Å². The lowest BCUT2D eigenvalue weighted by Crippen LogP contribution is -2.53. The van der Waals surface area contributed by atoms with Crippen molar-refractivity contribution in [2.75, 3.05) is 13.1 Å². The van der Waals surface area contributed by atoms with Crippen molar-refractivity contribution >= 4 is 12.0 Å². The molecule has 1 fully saturated rings. The smallest absolute Gasteiger partial charge is 0.407 e. The number of carbonyl (C=O) groups excluding carboxylic acids is 2. The minimum Gasteiger partial charge on any atom is -0.444 e. The maximum absolute atomic E-state index is 11.1. The molecule has 2 N–H and O–H groups in total. The van der Waals surface area contributed by atoms with Gasteiger partial charge in [0.1, 0.15) is 5.60 Å². The van der Waals surface area contributed by atoms with E-state index >= 15 is 0 Å². The number of ether oxygens (including phenoxy) is 1. The third-order valence-electron chi connectivity index (χ3n) is 1.79. The van der Waals surface area contributed by atoms with Crippen LogP contribution in [0.4, 0.5) is 4.79 Å². The van der Waals surface area contributed by atoms with Crippen LogP contribution in [-0.2, 0) is 9.53 Å². The summed E-state index contributed by atoms with van der Waals surface area (Å²) < 4.78 is 5.01. The number of rotatable bonds is 2. The number of carbonyl (C=O) groups is 2. The normalized spacial score (nSPS) is 20.8. The van der Waals surface area contributed by atoms with Crippen molar-refractivity contribution in [3.05, 3.63) is 0 Å². The number of nitrogens with one attached hydrogen (secondary N) is 2. The van der Waals surface area contributed by atoms with Crippen LogP contribution in [0.15, 0.2) is 0 Å². The number of β-lactam (4-membered cyclic amide) rings is 1. The Labute approximate surface area is 83.2 Å². The first-order chi connectivity index (χ1) is 6.38. The van der Waals surface area contributed by atoms with E-state index in [9.17, 15) is 9.59 Å². The number of amides is 2. The van der Waals surface area contributed by atoms with Gasteiger partial charge in [-0.2, -0.15) is 0 Å². The molecular formula is C9H16N2O3. The predicted molar refractivity (Wildman–Crippen MR) is 50.7 cm³/mol. The van der Waals surface area contributed by atoms with Gasteiger partial charge in [0.05, 0.1) is 5.92 Å². The molecular weight excluding hydrogens is 184 g/mol. The zero-order valence-electron chi connectivity index (χ0n) is 8.72. The summed E-state index contributed by atoms with van der Waals surface area (Å²) in [7, 11) is 0. The molecule has 0 spiro atoms. The van der Waals surface area contributed by atoms with E-state index in [1.165, 1.54) is 0 Å². The Bertz CT molecular complexity index is 245. The summed E-state index contributed by atoms with van der Waals surface area (Å²) in [6.07, 6.45) is -0.475. The Morgan fingerprint density at radius 1 is 1.64 bits per heavy atom. The quantitative estimate of drug-likeness (QED) is 0.628. The standard InChI is InChI=1S/C9H16N2O3/c1-9(2,3)14-8(13)11-5-6-4-10-7(6)12/h6H,4-5H2,1-3H3,(H,10,12)(H,11,13)/t6-/m0/s1. The Kier molecular flexibility index (Phi) is 2.98. The molecule has 14 heavy (non-hydrogen) atoms. The molecule has 0 unspecified atom stereocenters. The highest BCUT2D eigenvalue weighted by atomic mass is 16.6. The summed E-state index contributed by atoms with van der Waals surface area (Å²) in [5, 5.41) is 5.15. The van der Waals surface area contributed by atoms with Crippen LogP contribution in [0.1, 0.15) is 20.8 Å².